The molecule has 32 heavy (non-hydrogen) atoms. The van der Waals surface area contributed by atoms with Gasteiger partial charge < -0.3 is 10.5 Å². The largest absolute Gasteiger partial charge is 0.496 e. The highest BCUT2D eigenvalue weighted by Crippen LogP contribution is 2.41. The first-order valence-corrected chi connectivity index (χ1v) is 11.5. The molecule has 0 saturated heterocycles. The molecule has 0 atom stereocenters. The Bertz CT molecular complexity index is 1250. The summed E-state index contributed by atoms with van der Waals surface area (Å²) in [6, 6.07) is 21.3. The highest BCUT2D eigenvalue weighted by Gasteiger charge is 2.24. The van der Waals surface area contributed by atoms with Crippen LogP contribution in [0.3, 0.4) is 0 Å². The van der Waals surface area contributed by atoms with Crippen molar-refractivity contribution >= 4 is 33.7 Å². The molecule has 0 fully saturated rings. The molecule has 0 saturated carbocycles. The van der Waals surface area contributed by atoms with E-state index in [0.717, 1.165) is 38.4 Å². The van der Waals surface area contributed by atoms with Crippen molar-refractivity contribution in [3.63, 3.8) is 0 Å². The van der Waals surface area contributed by atoms with Crippen molar-refractivity contribution in [2.24, 2.45) is 0 Å². The highest BCUT2D eigenvalue weighted by molar-refractivity contribution is 7.20. The summed E-state index contributed by atoms with van der Waals surface area (Å²) in [6.45, 7) is 4.07. The van der Waals surface area contributed by atoms with E-state index >= 15 is 0 Å². The molecule has 0 aliphatic heterocycles. The number of halogens is 1. The maximum atomic E-state index is 13.5. The Morgan fingerprint density at radius 2 is 1.62 bits per heavy atom. The van der Waals surface area contributed by atoms with Gasteiger partial charge in [-0.2, -0.15) is 0 Å². The van der Waals surface area contributed by atoms with Gasteiger partial charge >= 0.3 is 0 Å². The number of nitrogen functional groups attached to an aromatic ring is 1. The normalized spacial score (nSPS) is 10.9. The summed E-state index contributed by atoms with van der Waals surface area (Å²) in [6.07, 6.45) is 0.596. The fraction of sp³-hybridized carbons (Fsp3) is 0.148. The van der Waals surface area contributed by atoms with E-state index in [0.29, 0.717) is 27.6 Å². The minimum atomic E-state index is -0.0884. The second-order valence-electron chi connectivity index (χ2n) is 7.79. The molecule has 5 heteroatoms. The molecule has 0 bridgehead atoms. The van der Waals surface area contributed by atoms with Crippen molar-refractivity contribution in [1.82, 2.24) is 0 Å². The number of rotatable bonds is 6. The van der Waals surface area contributed by atoms with Crippen LogP contribution in [0.4, 0.5) is 5.00 Å². The summed E-state index contributed by atoms with van der Waals surface area (Å²) >= 11 is 7.49. The lowest BCUT2D eigenvalue weighted by Gasteiger charge is -2.13. The Labute approximate surface area is 197 Å². The van der Waals surface area contributed by atoms with Gasteiger partial charge in [-0.05, 0) is 72.4 Å². The molecule has 2 N–H and O–H groups in total. The van der Waals surface area contributed by atoms with Gasteiger partial charge in [0, 0.05) is 15.5 Å². The van der Waals surface area contributed by atoms with Gasteiger partial charge in [-0.25, -0.2) is 0 Å². The third kappa shape index (κ3) is 4.29. The van der Waals surface area contributed by atoms with Crippen LogP contribution in [0.1, 0.15) is 38.2 Å². The molecule has 4 rings (SSSR count). The number of carbonyl (C=O) groups excluding carboxylic acids is 1. The summed E-state index contributed by atoms with van der Waals surface area (Å²) in [5, 5.41) is 1.12. The lowest BCUT2D eigenvalue weighted by molar-refractivity contribution is 0.103. The molecule has 4 aromatic rings. The van der Waals surface area contributed by atoms with Crippen molar-refractivity contribution in [3.05, 3.63) is 105 Å². The molecule has 0 spiro atoms. The third-order valence-electron chi connectivity index (χ3n) is 5.51. The highest BCUT2D eigenvalue weighted by atomic mass is 35.5. The Morgan fingerprint density at radius 1 is 1.00 bits per heavy atom. The summed E-state index contributed by atoms with van der Waals surface area (Å²) in [4.78, 5) is 14.6. The summed E-state index contributed by atoms with van der Waals surface area (Å²) < 4.78 is 5.52. The summed E-state index contributed by atoms with van der Waals surface area (Å²) in [5.41, 5.74) is 12.8. The lowest BCUT2D eigenvalue weighted by atomic mass is 9.92. The Kier molecular flexibility index (Phi) is 6.35. The number of aryl methyl sites for hydroxylation is 2. The van der Waals surface area contributed by atoms with Gasteiger partial charge in [0.1, 0.15) is 5.75 Å². The van der Waals surface area contributed by atoms with E-state index in [-0.39, 0.29) is 5.78 Å². The number of hydrogen-bond donors (Lipinski definition) is 1. The Hall–Kier alpha value is -3.08. The van der Waals surface area contributed by atoms with Crippen LogP contribution in [0.5, 0.6) is 5.75 Å². The molecule has 0 aliphatic rings. The number of carbonyl (C=O) groups is 1. The van der Waals surface area contributed by atoms with E-state index in [4.69, 9.17) is 22.1 Å². The van der Waals surface area contributed by atoms with E-state index < -0.39 is 0 Å². The van der Waals surface area contributed by atoms with Crippen LogP contribution in [0, 0.1) is 13.8 Å². The van der Waals surface area contributed by atoms with Gasteiger partial charge in [0.2, 0.25) is 0 Å². The predicted octanol–water partition coefficient (Wildman–Crippen LogP) is 7.10. The second kappa shape index (κ2) is 9.19. The van der Waals surface area contributed by atoms with E-state index in [9.17, 15) is 4.79 Å². The zero-order chi connectivity index (χ0) is 22.8. The van der Waals surface area contributed by atoms with Crippen LogP contribution in [0.15, 0.2) is 66.7 Å². The zero-order valence-corrected chi connectivity index (χ0v) is 19.8. The first-order valence-electron chi connectivity index (χ1n) is 10.3. The number of nitrogens with two attached hydrogens (primary N) is 1. The van der Waals surface area contributed by atoms with Gasteiger partial charge in [-0.15, -0.1) is 11.3 Å². The number of hydrogen-bond acceptors (Lipinski definition) is 4. The Balaban J connectivity index is 1.87. The molecular weight excluding hydrogens is 438 g/mol. The van der Waals surface area contributed by atoms with E-state index in [1.54, 1.807) is 31.4 Å². The number of anilines is 1. The maximum Gasteiger partial charge on any atom is 0.196 e. The molecule has 1 aromatic heterocycles. The molecule has 0 unspecified atom stereocenters. The number of ketones is 1. The molecule has 1 heterocycles. The summed E-state index contributed by atoms with van der Waals surface area (Å²) in [7, 11) is 1.69. The molecule has 0 amide bonds. The molecule has 0 aliphatic carbocycles. The number of thiophene rings is 1. The quantitative estimate of drug-likeness (QED) is 0.311. The van der Waals surface area contributed by atoms with Crippen LogP contribution < -0.4 is 10.5 Å². The first kappa shape index (κ1) is 22.1. The fourth-order valence-electron chi connectivity index (χ4n) is 4.14. The number of benzene rings is 3. The molecular formula is C27H24ClNO2S. The van der Waals surface area contributed by atoms with Crippen LogP contribution in [0.25, 0.3) is 10.4 Å². The van der Waals surface area contributed by atoms with Crippen LogP contribution in [-0.4, -0.2) is 12.9 Å². The van der Waals surface area contributed by atoms with E-state index in [1.807, 2.05) is 32.0 Å². The second-order valence-corrected chi connectivity index (χ2v) is 9.28. The fourth-order valence-corrected chi connectivity index (χ4v) is 5.35. The minimum Gasteiger partial charge on any atom is -0.496 e. The smallest absolute Gasteiger partial charge is 0.196 e. The number of methoxy groups -OCH3 is 1. The SMILES string of the molecule is COc1c(C)cc(Cc2c(-c3ccccc3)sc(N)c2C(=O)c2ccc(Cl)cc2)cc1C. The van der Waals surface area contributed by atoms with E-state index in [2.05, 4.69) is 24.3 Å². The van der Waals surface area contributed by atoms with Gasteiger partial charge in [0.25, 0.3) is 0 Å². The zero-order valence-electron chi connectivity index (χ0n) is 18.2. The predicted molar refractivity (Wildman–Crippen MR) is 134 cm³/mol. The van der Waals surface area contributed by atoms with Gasteiger partial charge in [0.05, 0.1) is 17.7 Å². The van der Waals surface area contributed by atoms with Crippen molar-refractivity contribution < 1.29 is 9.53 Å². The summed E-state index contributed by atoms with van der Waals surface area (Å²) in [5.74, 6) is 0.800. The molecule has 3 aromatic carbocycles. The van der Waals surface area contributed by atoms with Gasteiger partial charge in [-0.1, -0.05) is 54.1 Å². The van der Waals surface area contributed by atoms with Crippen LogP contribution in [0.2, 0.25) is 5.02 Å². The molecule has 0 radical (unpaired) electrons. The van der Waals surface area contributed by atoms with Crippen molar-refractivity contribution in [3.8, 4) is 16.2 Å². The monoisotopic (exact) mass is 461 g/mol. The molecule has 3 nitrogen and oxygen atoms in total. The lowest BCUT2D eigenvalue weighted by Crippen LogP contribution is -2.07. The average molecular weight is 462 g/mol. The van der Waals surface area contributed by atoms with Crippen molar-refractivity contribution in [2.75, 3.05) is 12.8 Å². The van der Waals surface area contributed by atoms with E-state index in [1.165, 1.54) is 11.3 Å². The van der Waals surface area contributed by atoms with Crippen LogP contribution in [-0.2, 0) is 6.42 Å². The van der Waals surface area contributed by atoms with Crippen molar-refractivity contribution in [2.45, 2.75) is 20.3 Å². The minimum absolute atomic E-state index is 0.0884. The first-order chi connectivity index (χ1) is 15.4. The average Bonchev–Trinajstić information content (AvgIpc) is 3.10. The van der Waals surface area contributed by atoms with Crippen molar-refractivity contribution in [1.29, 1.82) is 0 Å². The standard InChI is InChI=1S/C27H24ClNO2S/c1-16-13-18(14-17(2)25(16)31-3)15-22-23(24(30)19-9-11-21(28)12-10-19)27(29)32-26(22)20-7-5-4-6-8-20/h4-14H,15,29H2,1-3H3. The van der Waals surface area contributed by atoms with Gasteiger partial charge in [0.15, 0.2) is 5.78 Å². The van der Waals surface area contributed by atoms with Crippen LogP contribution >= 0.6 is 22.9 Å². The molecule has 162 valence electrons. The third-order valence-corrected chi connectivity index (χ3v) is 6.87. The Morgan fingerprint density at radius 3 is 2.22 bits per heavy atom. The van der Waals surface area contributed by atoms with Gasteiger partial charge in [-0.3, -0.25) is 4.79 Å². The maximum absolute atomic E-state index is 13.5. The topological polar surface area (TPSA) is 52.3 Å². The number of ether oxygens (including phenoxy) is 1.